The Morgan fingerprint density at radius 1 is 1.40 bits per heavy atom. The number of carboxylic acid groups (broad SMARTS) is 1. The molecule has 0 aromatic heterocycles. The minimum absolute atomic E-state index is 0.107. The van der Waals surface area contributed by atoms with Crippen LogP contribution in [0.15, 0.2) is 0 Å². The molecule has 0 heterocycles. The molecular weight excluding hydrogens is 196 g/mol. The van der Waals surface area contributed by atoms with Crippen molar-refractivity contribution in [3.05, 3.63) is 0 Å². The predicted molar refractivity (Wildman–Crippen MR) is 53.1 cm³/mol. The third-order valence-corrected chi connectivity index (χ3v) is 3.34. The van der Waals surface area contributed by atoms with E-state index < -0.39 is 17.6 Å². The molecule has 5 heteroatoms. The molecule has 1 atom stereocenters. The molecule has 0 aliphatic heterocycles. The van der Waals surface area contributed by atoms with Gasteiger partial charge in [0.15, 0.2) is 0 Å². The van der Waals surface area contributed by atoms with Crippen LogP contribution in [0.2, 0.25) is 0 Å². The number of carbonyl (C=O) groups is 2. The maximum absolute atomic E-state index is 11.7. The van der Waals surface area contributed by atoms with Crippen LogP contribution in [0.4, 0.5) is 0 Å². The molecule has 2 aliphatic rings. The lowest BCUT2D eigenvalue weighted by Crippen LogP contribution is -2.61. The molecule has 4 N–H and O–H groups in total. The number of hydrogen-bond acceptors (Lipinski definition) is 3. The molecule has 0 spiro atoms. The van der Waals surface area contributed by atoms with Crippen LogP contribution in [0, 0.1) is 5.92 Å². The Morgan fingerprint density at radius 2 is 2.00 bits per heavy atom. The van der Waals surface area contributed by atoms with Crippen LogP contribution in [-0.4, -0.2) is 28.6 Å². The van der Waals surface area contributed by atoms with Gasteiger partial charge < -0.3 is 16.2 Å². The monoisotopic (exact) mass is 212 g/mol. The normalized spacial score (nSPS) is 25.1. The molecule has 5 nitrogen and oxygen atoms in total. The summed E-state index contributed by atoms with van der Waals surface area (Å²) in [6.07, 6.45) is 4.04. The van der Waals surface area contributed by atoms with Crippen molar-refractivity contribution >= 4 is 11.9 Å². The topological polar surface area (TPSA) is 92.4 Å². The summed E-state index contributed by atoms with van der Waals surface area (Å²) in [5, 5.41) is 11.5. The van der Waals surface area contributed by atoms with Gasteiger partial charge in [-0.05, 0) is 38.0 Å². The lowest BCUT2D eigenvalue weighted by Gasteiger charge is -2.37. The molecule has 1 amide bonds. The average molecular weight is 212 g/mol. The summed E-state index contributed by atoms with van der Waals surface area (Å²) in [6.45, 7) is 0. The fraction of sp³-hybridized carbons (Fsp3) is 0.800. The van der Waals surface area contributed by atoms with Gasteiger partial charge in [0.1, 0.15) is 6.04 Å². The molecule has 2 rings (SSSR count). The molecule has 2 saturated carbocycles. The number of aliphatic carboxylic acids is 1. The van der Waals surface area contributed by atoms with E-state index in [1.165, 1.54) is 0 Å². The Kier molecular flexibility index (Phi) is 2.42. The van der Waals surface area contributed by atoms with Crippen LogP contribution in [-0.2, 0) is 9.59 Å². The van der Waals surface area contributed by atoms with Crippen LogP contribution >= 0.6 is 0 Å². The SMILES string of the molecule is NC1(C(=O)NC(C(=O)O)C2CC2)CCC1. The highest BCUT2D eigenvalue weighted by molar-refractivity contribution is 5.90. The zero-order valence-electron chi connectivity index (χ0n) is 8.53. The van der Waals surface area contributed by atoms with Crippen molar-refractivity contribution < 1.29 is 14.7 Å². The van der Waals surface area contributed by atoms with E-state index in [1.807, 2.05) is 0 Å². The van der Waals surface area contributed by atoms with E-state index in [0.29, 0.717) is 12.8 Å². The maximum Gasteiger partial charge on any atom is 0.326 e. The summed E-state index contributed by atoms with van der Waals surface area (Å²) in [4.78, 5) is 22.6. The minimum atomic E-state index is -0.950. The van der Waals surface area contributed by atoms with E-state index in [1.54, 1.807) is 0 Å². The third-order valence-electron chi connectivity index (χ3n) is 3.34. The van der Waals surface area contributed by atoms with Gasteiger partial charge in [0.2, 0.25) is 5.91 Å². The van der Waals surface area contributed by atoms with Gasteiger partial charge in [-0.2, -0.15) is 0 Å². The van der Waals surface area contributed by atoms with Gasteiger partial charge in [0.25, 0.3) is 0 Å². The Balaban J connectivity index is 1.93. The van der Waals surface area contributed by atoms with Crippen LogP contribution in [0.5, 0.6) is 0 Å². The largest absolute Gasteiger partial charge is 0.480 e. The van der Waals surface area contributed by atoms with Gasteiger partial charge in [0, 0.05) is 0 Å². The molecule has 0 aromatic carbocycles. The predicted octanol–water partition coefficient (Wildman–Crippen LogP) is -0.153. The van der Waals surface area contributed by atoms with E-state index in [9.17, 15) is 9.59 Å². The standard InChI is InChI=1S/C10H16N2O3/c11-10(4-1-5-10)9(15)12-7(8(13)14)6-2-3-6/h6-7H,1-5,11H2,(H,12,15)(H,13,14). The molecule has 0 saturated heterocycles. The van der Waals surface area contributed by atoms with Gasteiger partial charge in [-0.1, -0.05) is 0 Å². The van der Waals surface area contributed by atoms with Gasteiger partial charge in [-0.3, -0.25) is 4.79 Å². The van der Waals surface area contributed by atoms with Crippen molar-refractivity contribution in [2.75, 3.05) is 0 Å². The van der Waals surface area contributed by atoms with Crippen LogP contribution in [0.1, 0.15) is 32.1 Å². The Bertz CT molecular complexity index is 295. The quantitative estimate of drug-likeness (QED) is 0.604. The number of amides is 1. The van der Waals surface area contributed by atoms with E-state index in [0.717, 1.165) is 19.3 Å². The number of nitrogens with one attached hydrogen (secondary N) is 1. The summed E-state index contributed by atoms with van der Waals surface area (Å²) in [5.74, 6) is -1.14. The number of carboxylic acids is 1. The highest BCUT2D eigenvalue weighted by Gasteiger charge is 2.44. The van der Waals surface area contributed by atoms with Gasteiger partial charge >= 0.3 is 5.97 Å². The molecular formula is C10H16N2O3. The summed E-state index contributed by atoms with van der Waals surface area (Å²) >= 11 is 0. The molecule has 84 valence electrons. The van der Waals surface area contributed by atoms with Crippen molar-refractivity contribution in [3.8, 4) is 0 Å². The van der Waals surface area contributed by atoms with Gasteiger partial charge in [0.05, 0.1) is 5.54 Å². The molecule has 2 aliphatic carbocycles. The average Bonchev–Trinajstić information content (AvgIpc) is 2.92. The number of hydrogen-bond donors (Lipinski definition) is 3. The summed E-state index contributed by atoms with van der Waals surface area (Å²) in [5.41, 5.74) is 5.01. The van der Waals surface area contributed by atoms with E-state index in [-0.39, 0.29) is 11.8 Å². The van der Waals surface area contributed by atoms with Gasteiger partial charge in [-0.15, -0.1) is 0 Å². The van der Waals surface area contributed by atoms with Crippen molar-refractivity contribution in [2.45, 2.75) is 43.7 Å². The smallest absolute Gasteiger partial charge is 0.326 e. The molecule has 0 bridgehead atoms. The van der Waals surface area contributed by atoms with E-state index in [2.05, 4.69) is 5.32 Å². The number of carbonyl (C=O) groups excluding carboxylic acids is 1. The highest BCUT2D eigenvalue weighted by atomic mass is 16.4. The second-order valence-electron chi connectivity index (χ2n) is 4.64. The van der Waals surface area contributed by atoms with Crippen LogP contribution in [0.25, 0.3) is 0 Å². The molecule has 15 heavy (non-hydrogen) atoms. The Hall–Kier alpha value is -1.10. The maximum atomic E-state index is 11.7. The summed E-state index contributed by atoms with van der Waals surface area (Å²) < 4.78 is 0. The minimum Gasteiger partial charge on any atom is -0.480 e. The molecule has 0 aromatic rings. The zero-order chi connectivity index (χ0) is 11.1. The van der Waals surface area contributed by atoms with E-state index >= 15 is 0 Å². The Labute approximate surface area is 88.0 Å². The Morgan fingerprint density at radius 3 is 2.33 bits per heavy atom. The number of nitrogens with two attached hydrogens (primary N) is 1. The molecule has 2 fully saturated rings. The number of rotatable bonds is 4. The first-order chi connectivity index (χ1) is 7.03. The lowest BCUT2D eigenvalue weighted by molar-refractivity contribution is -0.144. The van der Waals surface area contributed by atoms with Crippen molar-refractivity contribution in [1.82, 2.24) is 5.32 Å². The van der Waals surface area contributed by atoms with Crippen LogP contribution in [0.3, 0.4) is 0 Å². The first-order valence-electron chi connectivity index (χ1n) is 5.35. The first-order valence-corrected chi connectivity index (χ1v) is 5.35. The van der Waals surface area contributed by atoms with E-state index in [4.69, 9.17) is 10.8 Å². The second-order valence-corrected chi connectivity index (χ2v) is 4.64. The van der Waals surface area contributed by atoms with Crippen molar-refractivity contribution in [3.63, 3.8) is 0 Å². The van der Waals surface area contributed by atoms with Gasteiger partial charge in [-0.25, -0.2) is 4.79 Å². The van der Waals surface area contributed by atoms with Crippen molar-refractivity contribution in [1.29, 1.82) is 0 Å². The zero-order valence-corrected chi connectivity index (χ0v) is 8.53. The van der Waals surface area contributed by atoms with Crippen LogP contribution < -0.4 is 11.1 Å². The fourth-order valence-corrected chi connectivity index (χ4v) is 1.88. The molecule has 0 radical (unpaired) electrons. The second kappa shape index (κ2) is 3.48. The highest BCUT2D eigenvalue weighted by Crippen LogP contribution is 2.34. The third kappa shape index (κ3) is 1.97. The lowest BCUT2D eigenvalue weighted by atomic mass is 9.77. The molecule has 1 unspecified atom stereocenters. The van der Waals surface area contributed by atoms with Crippen molar-refractivity contribution in [2.24, 2.45) is 11.7 Å². The summed E-state index contributed by atoms with van der Waals surface area (Å²) in [6, 6.07) is -0.737. The fourth-order valence-electron chi connectivity index (χ4n) is 1.88. The first kappa shape index (κ1) is 10.4. The summed E-state index contributed by atoms with van der Waals surface area (Å²) in [7, 11) is 0.